The molecule has 0 unspecified atom stereocenters. The lowest BCUT2D eigenvalue weighted by atomic mass is 10.00. The molecule has 1 aliphatic heterocycles. The summed E-state index contributed by atoms with van der Waals surface area (Å²) in [5, 5.41) is 3.17. The van der Waals surface area contributed by atoms with Gasteiger partial charge in [0.15, 0.2) is 0 Å². The molecule has 1 aliphatic rings. The van der Waals surface area contributed by atoms with E-state index in [2.05, 4.69) is 21.9 Å². The largest absolute Gasteiger partial charge is 0.497 e. The average molecular weight is 379 g/mol. The van der Waals surface area contributed by atoms with E-state index in [0.717, 1.165) is 47.7 Å². The number of hydrogen-bond donors (Lipinski definition) is 1. The Morgan fingerprint density at radius 2 is 1.89 bits per heavy atom. The molecule has 7 nitrogen and oxygen atoms in total. The quantitative estimate of drug-likeness (QED) is 0.753. The summed E-state index contributed by atoms with van der Waals surface area (Å²) in [6.07, 6.45) is 4.14. The summed E-state index contributed by atoms with van der Waals surface area (Å²) in [4.78, 5) is 24.0. The van der Waals surface area contributed by atoms with Gasteiger partial charge in [-0.15, -0.1) is 0 Å². The number of nitrogens with zero attached hydrogens (tertiary/aromatic N) is 4. The first-order chi connectivity index (χ1) is 13.5. The lowest BCUT2D eigenvalue weighted by Crippen LogP contribution is -2.34. The van der Waals surface area contributed by atoms with Crippen LogP contribution in [0.3, 0.4) is 0 Å². The summed E-state index contributed by atoms with van der Waals surface area (Å²) < 4.78 is 6.68. The number of hydrogen-bond acceptors (Lipinski definition) is 5. The predicted molar refractivity (Wildman–Crippen MR) is 109 cm³/mol. The van der Waals surface area contributed by atoms with Crippen LogP contribution in [0.25, 0.3) is 16.9 Å². The van der Waals surface area contributed by atoms with Crippen molar-refractivity contribution in [3.8, 4) is 22.7 Å². The number of ether oxygens (including phenoxy) is 1. The fourth-order valence-corrected chi connectivity index (χ4v) is 3.54. The van der Waals surface area contributed by atoms with Gasteiger partial charge in [-0.05, 0) is 49.9 Å². The van der Waals surface area contributed by atoms with Crippen LogP contribution in [-0.4, -0.2) is 39.9 Å². The highest BCUT2D eigenvalue weighted by Gasteiger charge is 2.19. The van der Waals surface area contributed by atoms with Crippen molar-refractivity contribution in [3.05, 3.63) is 52.6 Å². The smallest absolute Gasteiger partial charge is 0.271 e. The van der Waals surface area contributed by atoms with Gasteiger partial charge in [0.2, 0.25) is 5.95 Å². The fraction of sp³-hybridized carbons (Fsp3) is 0.381. The third-order valence-corrected chi connectivity index (χ3v) is 5.37. The predicted octanol–water partition coefficient (Wildman–Crippen LogP) is 3.18. The molecule has 7 heteroatoms. The van der Waals surface area contributed by atoms with E-state index in [1.807, 2.05) is 31.2 Å². The van der Waals surface area contributed by atoms with Gasteiger partial charge < -0.3 is 9.64 Å². The zero-order chi connectivity index (χ0) is 19.7. The highest BCUT2D eigenvalue weighted by atomic mass is 16.5. The van der Waals surface area contributed by atoms with Crippen molar-refractivity contribution in [2.75, 3.05) is 25.1 Å². The van der Waals surface area contributed by atoms with Crippen LogP contribution in [-0.2, 0) is 0 Å². The number of aromatic amines is 1. The number of aromatic nitrogens is 4. The zero-order valence-corrected chi connectivity index (χ0v) is 16.5. The third-order valence-electron chi connectivity index (χ3n) is 5.37. The molecule has 0 amide bonds. The summed E-state index contributed by atoms with van der Waals surface area (Å²) in [5.74, 6) is 2.28. The Bertz CT molecular complexity index is 1010. The zero-order valence-electron chi connectivity index (χ0n) is 16.5. The van der Waals surface area contributed by atoms with Gasteiger partial charge in [-0.25, -0.2) is 14.6 Å². The molecular weight excluding hydrogens is 354 g/mol. The normalized spacial score (nSPS) is 15.0. The first-order valence-electron chi connectivity index (χ1n) is 9.60. The second-order valence-corrected chi connectivity index (χ2v) is 7.38. The Balaban J connectivity index is 1.61. The number of benzene rings is 1. The second-order valence-electron chi connectivity index (χ2n) is 7.38. The first-order valence-corrected chi connectivity index (χ1v) is 9.60. The molecule has 0 aliphatic carbocycles. The molecule has 1 fully saturated rings. The summed E-state index contributed by atoms with van der Waals surface area (Å²) >= 11 is 0. The number of aryl methyl sites for hydroxylation is 1. The van der Waals surface area contributed by atoms with Crippen LogP contribution in [0.15, 0.2) is 41.3 Å². The van der Waals surface area contributed by atoms with Crippen molar-refractivity contribution >= 4 is 5.95 Å². The molecule has 0 radical (unpaired) electrons. The molecule has 3 aromatic rings. The summed E-state index contributed by atoms with van der Waals surface area (Å²) in [7, 11) is 1.62. The number of rotatable bonds is 4. The van der Waals surface area contributed by atoms with Crippen molar-refractivity contribution in [2.24, 2.45) is 5.92 Å². The van der Waals surface area contributed by atoms with Crippen LogP contribution in [0.4, 0.5) is 5.95 Å². The minimum absolute atomic E-state index is 0.131. The molecule has 2 aromatic heterocycles. The minimum atomic E-state index is -0.131. The van der Waals surface area contributed by atoms with Crippen LogP contribution >= 0.6 is 0 Å². The van der Waals surface area contributed by atoms with Crippen LogP contribution < -0.4 is 15.2 Å². The van der Waals surface area contributed by atoms with Gasteiger partial charge in [0.1, 0.15) is 5.75 Å². The van der Waals surface area contributed by atoms with Crippen molar-refractivity contribution in [2.45, 2.75) is 26.7 Å². The maximum Gasteiger partial charge on any atom is 0.271 e. The van der Waals surface area contributed by atoms with Gasteiger partial charge >= 0.3 is 0 Å². The van der Waals surface area contributed by atoms with E-state index in [0.29, 0.717) is 5.69 Å². The molecule has 0 saturated carbocycles. The number of nitrogens with one attached hydrogen (secondary N) is 1. The van der Waals surface area contributed by atoms with Crippen LogP contribution in [0.1, 0.15) is 25.5 Å². The summed E-state index contributed by atoms with van der Waals surface area (Å²) in [6, 6.07) is 8.91. The molecule has 0 atom stereocenters. The van der Waals surface area contributed by atoms with E-state index in [1.54, 1.807) is 19.4 Å². The van der Waals surface area contributed by atoms with Crippen LogP contribution in [0.5, 0.6) is 5.75 Å². The van der Waals surface area contributed by atoms with Gasteiger partial charge in [-0.3, -0.25) is 9.89 Å². The molecule has 146 valence electrons. The maximum atomic E-state index is 12.5. The van der Waals surface area contributed by atoms with Crippen LogP contribution in [0.2, 0.25) is 0 Å². The molecule has 1 saturated heterocycles. The molecule has 0 spiro atoms. The maximum absolute atomic E-state index is 12.5. The summed E-state index contributed by atoms with van der Waals surface area (Å²) in [5.41, 5.74) is 3.01. The topological polar surface area (TPSA) is 76.0 Å². The monoisotopic (exact) mass is 379 g/mol. The standard InChI is InChI=1S/C21H25N5O2/c1-14-8-10-25(11-9-14)21-22-13-18(15(2)23-21)19-12-20(27)26(24-19)16-4-6-17(28-3)7-5-16/h4-7,12-14,24H,8-11H2,1-3H3. The number of H-pyrrole nitrogens is 1. The molecule has 1 aromatic carbocycles. The van der Waals surface area contributed by atoms with E-state index in [4.69, 9.17) is 9.72 Å². The Kier molecular flexibility index (Phi) is 4.90. The van der Waals surface area contributed by atoms with E-state index in [-0.39, 0.29) is 5.56 Å². The first kappa shape index (κ1) is 18.3. The van der Waals surface area contributed by atoms with Gasteiger partial charge in [-0.1, -0.05) is 6.92 Å². The van der Waals surface area contributed by atoms with E-state index in [1.165, 1.54) is 17.5 Å². The number of piperidine rings is 1. The molecule has 1 N–H and O–H groups in total. The van der Waals surface area contributed by atoms with Gasteiger partial charge in [0.05, 0.1) is 24.2 Å². The van der Waals surface area contributed by atoms with Crippen molar-refractivity contribution in [3.63, 3.8) is 0 Å². The van der Waals surface area contributed by atoms with Crippen molar-refractivity contribution in [1.82, 2.24) is 19.7 Å². The van der Waals surface area contributed by atoms with E-state index < -0.39 is 0 Å². The van der Waals surface area contributed by atoms with Gasteiger partial charge in [-0.2, -0.15) is 0 Å². The van der Waals surface area contributed by atoms with E-state index in [9.17, 15) is 4.79 Å². The lowest BCUT2D eigenvalue weighted by Gasteiger charge is -2.30. The number of anilines is 1. The summed E-state index contributed by atoms with van der Waals surface area (Å²) in [6.45, 7) is 6.22. The van der Waals surface area contributed by atoms with Crippen LogP contribution in [0, 0.1) is 12.8 Å². The van der Waals surface area contributed by atoms with Gasteiger partial charge in [0, 0.05) is 30.9 Å². The fourth-order valence-electron chi connectivity index (χ4n) is 3.54. The Hall–Kier alpha value is -3.09. The van der Waals surface area contributed by atoms with Gasteiger partial charge in [0.25, 0.3) is 5.56 Å². The molecule has 4 rings (SSSR count). The Morgan fingerprint density at radius 1 is 1.18 bits per heavy atom. The average Bonchev–Trinajstić information content (AvgIpc) is 3.10. The Morgan fingerprint density at radius 3 is 2.54 bits per heavy atom. The Labute approximate surface area is 164 Å². The number of methoxy groups -OCH3 is 1. The highest BCUT2D eigenvalue weighted by Crippen LogP contribution is 2.24. The molecular formula is C21H25N5O2. The lowest BCUT2D eigenvalue weighted by molar-refractivity contribution is 0.414. The van der Waals surface area contributed by atoms with Crippen molar-refractivity contribution in [1.29, 1.82) is 0 Å². The van der Waals surface area contributed by atoms with E-state index >= 15 is 0 Å². The SMILES string of the molecule is COc1ccc(-n2[nH]c(-c3cnc(N4CCC(C)CC4)nc3C)cc2=O)cc1. The van der Waals surface area contributed by atoms with Crippen molar-refractivity contribution < 1.29 is 4.74 Å². The molecule has 28 heavy (non-hydrogen) atoms. The highest BCUT2D eigenvalue weighted by molar-refractivity contribution is 5.61. The second kappa shape index (κ2) is 7.50. The molecule has 0 bridgehead atoms. The molecule has 3 heterocycles. The minimum Gasteiger partial charge on any atom is -0.497 e. The third kappa shape index (κ3) is 3.52.